The molecule has 0 aliphatic carbocycles. The Hall–Kier alpha value is 0.1000. The van der Waals surface area contributed by atoms with Crippen molar-refractivity contribution < 1.29 is 14.2 Å². The quantitative estimate of drug-likeness (QED) is 0.602. The van der Waals surface area contributed by atoms with Crippen LogP contribution in [-0.4, -0.2) is 11.6 Å². The topological polar surface area (TPSA) is 55.4 Å². The zero-order chi connectivity index (χ0) is 13.8. The first-order chi connectivity index (χ1) is 8.30. The van der Waals surface area contributed by atoms with Gasteiger partial charge in [0, 0.05) is 4.47 Å². The molecule has 0 spiro atoms. The summed E-state index contributed by atoms with van der Waals surface area (Å²) < 4.78 is 12.1. The zero-order valence-corrected chi connectivity index (χ0v) is 13.4. The van der Waals surface area contributed by atoms with Crippen LogP contribution in [0.5, 0.6) is 0 Å². The summed E-state index contributed by atoms with van der Waals surface area (Å²) in [4.78, 5) is 16.5. The summed E-state index contributed by atoms with van der Waals surface area (Å²) >= 11 is 13.8. The van der Waals surface area contributed by atoms with Crippen molar-refractivity contribution in [1.29, 1.82) is 0 Å². The van der Waals surface area contributed by atoms with Crippen molar-refractivity contribution in [2.45, 2.75) is 19.6 Å². The Morgan fingerprint density at radius 2 is 2.00 bits per heavy atom. The number of hydroxylamine groups is 1. The lowest BCUT2D eigenvalue weighted by molar-refractivity contribution is -0.117. The third-order valence-corrected chi connectivity index (χ3v) is 4.47. The van der Waals surface area contributed by atoms with Crippen molar-refractivity contribution in [3.05, 3.63) is 34.3 Å². The first-order valence-corrected chi connectivity index (χ1v) is 9.27. The van der Waals surface area contributed by atoms with Gasteiger partial charge in [0.25, 0.3) is 0 Å². The monoisotopic (exact) mass is 373 g/mol. The number of rotatable bonds is 6. The highest BCUT2D eigenvalue weighted by Gasteiger charge is 2.30. The van der Waals surface area contributed by atoms with Crippen molar-refractivity contribution in [2.75, 3.05) is 0 Å². The molecule has 0 fully saturated rings. The lowest BCUT2D eigenvalue weighted by atomic mass is 10.2. The standard InChI is InChI=1S/C10H11BrCl2NO3P/c1-7(10(15)18(12,13)16)14-17-6-8-2-4-9(11)5-3-8/h2-5,7,14H,6H2,1H3. The van der Waals surface area contributed by atoms with Gasteiger partial charge in [-0.05, 0) is 47.1 Å². The van der Waals surface area contributed by atoms with E-state index in [9.17, 15) is 9.36 Å². The highest BCUT2D eigenvalue weighted by molar-refractivity contribution is 9.10. The van der Waals surface area contributed by atoms with Gasteiger partial charge in [-0.25, -0.2) is 0 Å². The summed E-state index contributed by atoms with van der Waals surface area (Å²) in [6.07, 6.45) is 0. The van der Waals surface area contributed by atoms with Crippen LogP contribution in [0, 0.1) is 0 Å². The first-order valence-electron chi connectivity index (χ1n) is 4.96. The second-order valence-corrected chi connectivity index (χ2v) is 9.21. The van der Waals surface area contributed by atoms with E-state index in [2.05, 4.69) is 21.4 Å². The minimum atomic E-state index is -3.77. The van der Waals surface area contributed by atoms with Crippen molar-refractivity contribution in [2.24, 2.45) is 0 Å². The average molecular weight is 375 g/mol. The predicted octanol–water partition coefficient (Wildman–Crippen LogP) is 4.06. The summed E-state index contributed by atoms with van der Waals surface area (Å²) in [6.45, 7) is 1.74. The highest BCUT2D eigenvalue weighted by atomic mass is 79.9. The van der Waals surface area contributed by atoms with Gasteiger partial charge in [-0.2, -0.15) is 5.48 Å². The molecule has 18 heavy (non-hydrogen) atoms. The number of halogens is 3. The lowest BCUT2D eigenvalue weighted by Gasteiger charge is -2.12. The summed E-state index contributed by atoms with van der Waals surface area (Å²) in [5, 5.41) is 0. The molecule has 0 saturated carbocycles. The first kappa shape index (κ1) is 16.2. The van der Waals surface area contributed by atoms with Crippen molar-refractivity contribution in [3.63, 3.8) is 0 Å². The molecule has 1 rings (SSSR count). The molecule has 1 N–H and O–H groups in total. The Balaban J connectivity index is 2.40. The van der Waals surface area contributed by atoms with E-state index in [1.807, 2.05) is 24.3 Å². The Morgan fingerprint density at radius 1 is 1.44 bits per heavy atom. The number of hydrogen-bond donors (Lipinski definition) is 1. The van der Waals surface area contributed by atoms with E-state index in [0.29, 0.717) is 0 Å². The number of carbonyl (C=O) groups is 1. The second kappa shape index (κ2) is 7.04. The fraction of sp³-hybridized carbons (Fsp3) is 0.300. The lowest BCUT2D eigenvalue weighted by Crippen LogP contribution is -2.32. The smallest absolute Gasteiger partial charge is 0.296 e. The maximum atomic E-state index is 11.4. The van der Waals surface area contributed by atoms with Gasteiger partial charge in [0.2, 0.25) is 5.52 Å². The van der Waals surface area contributed by atoms with E-state index >= 15 is 0 Å². The third-order valence-electron chi connectivity index (χ3n) is 2.04. The van der Waals surface area contributed by atoms with Crippen LogP contribution in [-0.2, 0) is 20.8 Å². The van der Waals surface area contributed by atoms with Crippen LogP contribution in [0.25, 0.3) is 0 Å². The summed E-state index contributed by atoms with van der Waals surface area (Å²) in [5.41, 5.74) is 2.59. The van der Waals surface area contributed by atoms with Gasteiger partial charge in [0.05, 0.1) is 12.6 Å². The molecular weight excluding hydrogens is 364 g/mol. The van der Waals surface area contributed by atoms with E-state index in [0.717, 1.165) is 10.0 Å². The molecule has 0 bridgehead atoms. The van der Waals surface area contributed by atoms with Crippen LogP contribution < -0.4 is 5.48 Å². The predicted molar refractivity (Wildman–Crippen MR) is 75.8 cm³/mol. The van der Waals surface area contributed by atoms with Crippen LogP contribution in [0.2, 0.25) is 0 Å². The van der Waals surface area contributed by atoms with Gasteiger partial charge in [-0.1, -0.05) is 28.1 Å². The fourth-order valence-corrected chi connectivity index (χ4v) is 2.75. The molecule has 0 aliphatic rings. The molecule has 1 atom stereocenters. The van der Waals surface area contributed by atoms with Crippen LogP contribution in [0.15, 0.2) is 28.7 Å². The molecular formula is C10H11BrCl2NO3P. The Morgan fingerprint density at radius 3 is 2.50 bits per heavy atom. The number of carbonyl (C=O) groups excluding carboxylic acids is 1. The molecule has 8 heteroatoms. The molecule has 4 nitrogen and oxygen atoms in total. The maximum Gasteiger partial charge on any atom is 0.318 e. The minimum Gasteiger partial charge on any atom is -0.296 e. The van der Waals surface area contributed by atoms with Gasteiger partial charge in [0.15, 0.2) is 0 Å². The SMILES string of the molecule is CC(NOCc1ccc(Br)cc1)C(=O)P(=O)(Cl)Cl. The molecule has 1 aromatic carbocycles. The van der Waals surface area contributed by atoms with Gasteiger partial charge in [0.1, 0.15) is 0 Å². The molecule has 1 unspecified atom stereocenters. The Kier molecular flexibility index (Phi) is 6.31. The van der Waals surface area contributed by atoms with Gasteiger partial charge in [-0.15, -0.1) is 0 Å². The van der Waals surface area contributed by atoms with Crippen LogP contribution in [0.1, 0.15) is 12.5 Å². The minimum absolute atomic E-state index is 0.264. The van der Waals surface area contributed by atoms with E-state index in [-0.39, 0.29) is 6.61 Å². The molecule has 1 aromatic rings. The average Bonchev–Trinajstić information content (AvgIpc) is 2.29. The van der Waals surface area contributed by atoms with Crippen LogP contribution in [0.3, 0.4) is 0 Å². The molecule has 0 aliphatic heterocycles. The second-order valence-electron chi connectivity index (χ2n) is 3.56. The van der Waals surface area contributed by atoms with E-state index < -0.39 is 17.4 Å². The molecule has 0 saturated heterocycles. The van der Waals surface area contributed by atoms with Gasteiger partial charge in [-0.3, -0.25) is 14.2 Å². The molecule has 0 heterocycles. The largest absolute Gasteiger partial charge is 0.318 e. The highest BCUT2D eigenvalue weighted by Crippen LogP contribution is 2.57. The number of nitrogens with one attached hydrogen (secondary N) is 1. The molecule has 0 amide bonds. The Labute approximate surface area is 123 Å². The van der Waals surface area contributed by atoms with E-state index in [1.54, 1.807) is 0 Å². The van der Waals surface area contributed by atoms with Crippen LogP contribution in [0.4, 0.5) is 0 Å². The zero-order valence-electron chi connectivity index (χ0n) is 9.40. The molecule has 0 aromatic heterocycles. The van der Waals surface area contributed by atoms with E-state index in [1.165, 1.54) is 6.92 Å². The third kappa shape index (κ3) is 5.39. The van der Waals surface area contributed by atoms with Crippen LogP contribution >= 0.6 is 44.3 Å². The molecule has 100 valence electrons. The molecule has 0 radical (unpaired) electrons. The summed E-state index contributed by atoms with van der Waals surface area (Å²) in [6, 6.07) is 6.65. The normalized spacial score (nSPS) is 13.3. The number of benzene rings is 1. The maximum absolute atomic E-state index is 11.4. The summed E-state index contributed by atoms with van der Waals surface area (Å²) in [7, 11) is 0. The van der Waals surface area contributed by atoms with Gasteiger partial charge < -0.3 is 0 Å². The summed E-state index contributed by atoms with van der Waals surface area (Å²) in [5.74, 6) is -3.77. The van der Waals surface area contributed by atoms with Crippen molar-refractivity contribution >= 4 is 49.8 Å². The fourth-order valence-electron chi connectivity index (χ4n) is 1.11. The van der Waals surface area contributed by atoms with Gasteiger partial charge >= 0.3 is 5.85 Å². The number of hydrogen-bond acceptors (Lipinski definition) is 4. The van der Waals surface area contributed by atoms with E-state index in [4.69, 9.17) is 27.3 Å². The van der Waals surface area contributed by atoms with Crippen molar-refractivity contribution in [1.82, 2.24) is 5.48 Å². The Bertz CT molecular complexity index is 463. The van der Waals surface area contributed by atoms with Crippen molar-refractivity contribution in [3.8, 4) is 0 Å².